The van der Waals surface area contributed by atoms with Crippen LogP contribution in [0, 0.1) is 17.8 Å². The van der Waals surface area contributed by atoms with Crippen LogP contribution in [0.2, 0.25) is 0 Å². The summed E-state index contributed by atoms with van der Waals surface area (Å²) in [5.74, 6) is 2.36. The van der Waals surface area contributed by atoms with Gasteiger partial charge in [-0.15, -0.1) is 11.5 Å². The van der Waals surface area contributed by atoms with Gasteiger partial charge in [-0.2, -0.15) is 5.01 Å². The van der Waals surface area contributed by atoms with E-state index in [1.807, 2.05) is 6.07 Å². The Hall–Kier alpha value is -3.67. The van der Waals surface area contributed by atoms with Gasteiger partial charge in [0.15, 0.2) is 11.6 Å². The van der Waals surface area contributed by atoms with Crippen molar-refractivity contribution in [1.82, 2.24) is 20.5 Å². The number of ketones is 1. The number of rotatable bonds is 5. The van der Waals surface area contributed by atoms with Gasteiger partial charge in [-0.1, -0.05) is 41.5 Å². The second-order valence-electron chi connectivity index (χ2n) is 5.21. The van der Waals surface area contributed by atoms with Crippen molar-refractivity contribution in [1.29, 1.82) is 5.41 Å². The topological polar surface area (TPSA) is 113 Å². The van der Waals surface area contributed by atoms with Crippen molar-refractivity contribution in [3.63, 3.8) is 0 Å². The van der Waals surface area contributed by atoms with Crippen LogP contribution < -0.4 is 10.6 Å². The summed E-state index contributed by atoms with van der Waals surface area (Å²) in [4.78, 5) is 25.6. The average Bonchev–Trinajstić information content (AvgIpc) is 3.07. The van der Waals surface area contributed by atoms with E-state index in [4.69, 9.17) is 11.8 Å². The lowest BCUT2D eigenvalue weighted by Crippen LogP contribution is -2.42. The van der Waals surface area contributed by atoms with Gasteiger partial charge in [-0.3, -0.25) is 15.1 Å². The van der Waals surface area contributed by atoms with E-state index >= 15 is 0 Å². The van der Waals surface area contributed by atoms with Gasteiger partial charge in [0, 0.05) is 5.56 Å². The molecule has 0 atom stereocenters. The highest BCUT2D eigenvalue weighted by atomic mass is 16.2. The normalized spacial score (nSPS) is 15.6. The molecule has 3 N–H and O–H groups in total. The maximum atomic E-state index is 12.2. The molecule has 0 saturated carbocycles. The van der Waals surface area contributed by atoms with Crippen LogP contribution in [0.5, 0.6) is 0 Å². The molecule has 9 nitrogen and oxygen atoms in total. The minimum atomic E-state index is -0.418. The molecule has 2 aliphatic rings. The van der Waals surface area contributed by atoms with Crippen LogP contribution in [-0.4, -0.2) is 47.3 Å². The van der Waals surface area contributed by atoms with E-state index in [9.17, 15) is 9.59 Å². The third-order valence-corrected chi connectivity index (χ3v) is 3.60. The Morgan fingerprint density at radius 2 is 2.16 bits per heavy atom. The summed E-state index contributed by atoms with van der Waals surface area (Å²) >= 11 is 0. The second-order valence-corrected chi connectivity index (χ2v) is 5.21. The summed E-state index contributed by atoms with van der Waals surface area (Å²) in [7, 11) is 0. The Labute approximate surface area is 143 Å². The summed E-state index contributed by atoms with van der Waals surface area (Å²) in [6, 6.07) is 8.37. The Balaban J connectivity index is 1.69. The lowest BCUT2D eigenvalue weighted by molar-refractivity contribution is 0.0996. The number of hydrogen-bond donors (Lipinski definition) is 3. The largest absolute Gasteiger partial charge is 0.361 e. The van der Waals surface area contributed by atoms with Crippen LogP contribution in [0.15, 0.2) is 52.2 Å². The number of nitrogens with one attached hydrogen (secondary N) is 3. The smallest absolute Gasteiger partial charge is 0.349 e. The summed E-state index contributed by atoms with van der Waals surface area (Å²) in [6.07, 6.45) is 5.18. The highest BCUT2D eigenvalue weighted by Gasteiger charge is 2.35. The first kappa shape index (κ1) is 16.2. The number of Topliss-reactive ketones (excluding diaryl/α,β-unsaturated/α-hetero) is 1. The molecule has 9 heteroatoms. The number of amides is 2. The van der Waals surface area contributed by atoms with Crippen molar-refractivity contribution < 1.29 is 9.59 Å². The van der Waals surface area contributed by atoms with E-state index in [0.29, 0.717) is 11.3 Å². The first-order valence-corrected chi connectivity index (χ1v) is 7.45. The Morgan fingerprint density at radius 3 is 2.88 bits per heavy atom. The summed E-state index contributed by atoms with van der Waals surface area (Å²) in [6.45, 7) is 0.124. The van der Waals surface area contributed by atoms with E-state index in [-0.39, 0.29) is 37.2 Å². The molecular formula is C16H15N7O2. The Kier molecular flexibility index (Phi) is 4.43. The van der Waals surface area contributed by atoms with E-state index in [1.165, 1.54) is 4.90 Å². The lowest BCUT2D eigenvalue weighted by Gasteiger charge is -2.25. The molecule has 3 rings (SSSR count). The SMILES string of the molecule is C#CCN1N=NC2=C(C(=N)NCC(=O)c3ccccc3)NCN2C1=O. The predicted octanol–water partition coefficient (Wildman–Crippen LogP) is 0.904. The van der Waals surface area contributed by atoms with E-state index in [2.05, 4.69) is 26.9 Å². The molecule has 0 aliphatic carbocycles. The fourth-order valence-corrected chi connectivity index (χ4v) is 2.35. The molecule has 0 unspecified atom stereocenters. The third-order valence-electron chi connectivity index (χ3n) is 3.60. The molecule has 1 aromatic rings. The number of benzene rings is 1. The second kappa shape index (κ2) is 6.84. The molecule has 0 spiro atoms. The standard InChI is InChI=1S/C16H15N7O2/c1-2-8-23-16(25)22-10-19-13(15(22)20-21-23)14(17)18-9-12(24)11-6-4-3-5-7-11/h1,3-7,19H,8-10H2,(H2,17,18). The van der Waals surface area contributed by atoms with Crippen LogP contribution in [-0.2, 0) is 0 Å². The van der Waals surface area contributed by atoms with E-state index < -0.39 is 6.03 Å². The molecular weight excluding hydrogens is 322 g/mol. The summed E-state index contributed by atoms with van der Waals surface area (Å²) < 4.78 is 0. The fraction of sp³-hybridized carbons (Fsp3) is 0.188. The van der Waals surface area contributed by atoms with Crippen molar-refractivity contribution in [3.05, 3.63) is 47.4 Å². The minimum absolute atomic E-state index is 0.0166. The molecule has 0 radical (unpaired) electrons. The minimum Gasteiger partial charge on any atom is -0.361 e. The molecule has 2 amide bonds. The van der Waals surface area contributed by atoms with Crippen molar-refractivity contribution in [2.24, 2.45) is 10.3 Å². The summed E-state index contributed by atoms with van der Waals surface area (Å²) in [5.41, 5.74) is 0.859. The van der Waals surface area contributed by atoms with Gasteiger partial charge in [-0.25, -0.2) is 4.79 Å². The number of carbonyl (C=O) groups is 2. The molecule has 2 aliphatic heterocycles. The first-order valence-electron chi connectivity index (χ1n) is 7.45. The zero-order chi connectivity index (χ0) is 17.8. The zero-order valence-electron chi connectivity index (χ0n) is 13.2. The van der Waals surface area contributed by atoms with Gasteiger partial charge in [0.1, 0.15) is 18.1 Å². The van der Waals surface area contributed by atoms with Crippen LogP contribution in [0.25, 0.3) is 0 Å². The molecule has 1 aromatic carbocycles. The van der Waals surface area contributed by atoms with Gasteiger partial charge in [0.05, 0.1) is 13.2 Å². The number of carbonyl (C=O) groups excluding carboxylic acids is 2. The molecule has 0 bridgehead atoms. The zero-order valence-corrected chi connectivity index (χ0v) is 13.2. The van der Waals surface area contributed by atoms with Crippen LogP contribution in [0.3, 0.4) is 0 Å². The molecule has 0 saturated heterocycles. The summed E-state index contributed by atoms with van der Waals surface area (Å²) in [5, 5.41) is 22.5. The van der Waals surface area contributed by atoms with Crippen LogP contribution in [0.4, 0.5) is 4.79 Å². The van der Waals surface area contributed by atoms with Gasteiger partial charge < -0.3 is 10.6 Å². The lowest BCUT2D eigenvalue weighted by atomic mass is 10.1. The third kappa shape index (κ3) is 3.18. The van der Waals surface area contributed by atoms with Crippen molar-refractivity contribution >= 4 is 17.6 Å². The number of terminal acetylenes is 1. The van der Waals surface area contributed by atoms with Crippen LogP contribution >= 0.6 is 0 Å². The number of urea groups is 1. The van der Waals surface area contributed by atoms with E-state index in [1.54, 1.807) is 24.3 Å². The monoisotopic (exact) mass is 337 g/mol. The fourth-order valence-electron chi connectivity index (χ4n) is 2.35. The number of nitrogens with zero attached hydrogens (tertiary/aromatic N) is 4. The number of hydrogen-bond acceptors (Lipinski definition) is 6. The number of fused-ring (bicyclic) bond motifs is 1. The van der Waals surface area contributed by atoms with Gasteiger partial charge in [-0.05, 0) is 0 Å². The highest BCUT2D eigenvalue weighted by Crippen LogP contribution is 2.23. The average molecular weight is 337 g/mol. The Morgan fingerprint density at radius 1 is 1.40 bits per heavy atom. The predicted molar refractivity (Wildman–Crippen MR) is 89.2 cm³/mol. The Bertz CT molecular complexity index is 823. The molecule has 25 heavy (non-hydrogen) atoms. The first-order chi connectivity index (χ1) is 12.1. The highest BCUT2D eigenvalue weighted by molar-refractivity contribution is 6.03. The molecule has 126 valence electrons. The van der Waals surface area contributed by atoms with Gasteiger partial charge >= 0.3 is 6.03 Å². The van der Waals surface area contributed by atoms with Crippen molar-refractivity contribution in [2.75, 3.05) is 19.8 Å². The van der Waals surface area contributed by atoms with Gasteiger partial charge in [0.2, 0.25) is 0 Å². The van der Waals surface area contributed by atoms with E-state index in [0.717, 1.165) is 5.01 Å². The maximum absolute atomic E-state index is 12.2. The number of amidine groups is 1. The van der Waals surface area contributed by atoms with Gasteiger partial charge in [0.25, 0.3) is 0 Å². The molecule has 0 fully saturated rings. The van der Waals surface area contributed by atoms with Crippen molar-refractivity contribution in [2.45, 2.75) is 0 Å². The molecule has 0 aromatic heterocycles. The maximum Gasteiger partial charge on any atom is 0.349 e. The molecule has 2 heterocycles. The van der Waals surface area contributed by atoms with Crippen molar-refractivity contribution in [3.8, 4) is 12.3 Å². The quantitative estimate of drug-likeness (QED) is 0.321. The van der Waals surface area contributed by atoms with Crippen LogP contribution in [0.1, 0.15) is 10.4 Å².